The summed E-state index contributed by atoms with van der Waals surface area (Å²) >= 11 is 0. The number of hydrogen-bond acceptors (Lipinski definition) is 14. The fourth-order valence-electron chi connectivity index (χ4n) is 8.53. The third kappa shape index (κ3) is 13.0. The van der Waals surface area contributed by atoms with Gasteiger partial charge < -0.3 is 60.7 Å². The maximum absolute atomic E-state index is 13.8. The van der Waals surface area contributed by atoms with Gasteiger partial charge in [0.25, 0.3) is 5.56 Å². The van der Waals surface area contributed by atoms with Gasteiger partial charge in [-0.1, -0.05) is 65.0 Å². The van der Waals surface area contributed by atoms with E-state index in [0.29, 0.717) is 44.7 Å². The summed E-state index contributed by atoms with van der Waals surface area (Å²) in [4.78, 5) is 123. The van der Waals surface area contributed by atoms with E-state index in [4.69, 9.17) is 24.9 Å². The first-order valence-corrected chi connectivity index (χ1v) is 24.5. The van der Waals surface area contributed by atoms with Crippen LogP contribution in [0.15, 0.2) is 59.4 Å². The van der Waals surface area contributed by atoms with Gasteiger partial charge in [0.2, 0.25) is 17.7 Å². The molecule has 2 aliphatic rings. The van der Waals surface area contributed by atoms with Crippen molar-refractivity contribution in [3.05, 3.63) is 92.8 Å². The van der Waals surface area contributed by atoms with Gasteiger partial charge in [-0.2, -0.15) is 0 Å². The second-order valence-electron chi connectivity index (χ2n) is 19.1. The van der Waals surface area contributed by atoms with E-state index in [-0.39, 0.29) is 107 Å². The van der Waals surface area contributed by atoms with E-state index in [1.54, 1.807) is 71.0 Å². The Hall–Kier alpha value is -7.88. The molecular weight excluding hydrogens is 959 g/mol. The number of aliphatic hydroxyl groups is 1. The second kappa shape index (κ2) is 24.2. The largest absolute Gasteiger partial charge is 0.458 e. The number of pyridine rings is 2. The highest BCUT2D eigenvalue weighted by molar-refractivity contribution is 5.99. The van der Waals surface area contributed by atoms with Crippen LogP contribution in [0.5, 0.6) is 0 Å². The summed E-state index contributed by atoms with van der Waals surface area (Å²) in [6.45, 7) is 8.44. The van der Waals surface area contributed by atoms with Crippen LogP contribution in [0.2, 0.25) is 0 Å². The number of Topliss-reactive ketones (excluding diaryl/α,β-unsaturated/α-hetero) is 1. The van der Waals surface area contributed by atoms with Crippen LogP contribution in [0.25, 0.3) is 22.3 Å². The van der Waals surface area contributed by atoms with Crippen LogP contribution >= 0.6 is 0 Å². The second-order valence-corrected chi connectivity index (χ2v) is 19.1. The fraction of sp³-hybridized carbons (Fsp3) is 0.462. The lowest BCUT2D eigenvalue weighted by Crippen LogP contribution is -2.54. The highest BCUT2D eigenvalue weighted by Gasteiger charge is 2.45. The number of amides is 7. The monoisotopic (exact) mass is 1020 g/mol. The van der Waals surface area contributed by atoms with Crippen LogP contribution < -0.4 is 32.6 Å². The molecule has 396 valence electrons. The SMILES string of the molecule is CC[C@@]1(O)C(=O)OCc2c1cc1n(c2=O)Cc2c-1nc1ccccc1c2COC(=O)N(C)CCN(C)C(=O)OCc1ccc(NC(=O)[C@H](CCCNC(N)=O)NC(=O)[C@@H](NC(=O)CCC(=O)C(C)C)C(C)C)cc1. The molecule has 0 spiro atoms. The third-order valence-electron chi connectivity index (χ3n) is 13.1. The smallest absolute Gasteiger partial charge is 0.409 e. The molecule has 7 amide bonds. The number of fused-ring (bicyclic) bond motifs is 5. The zero-order valence-corrected chi connectivity index (χ0v) is 42.7. The Balaban J connectivity index is 1.01. The average Bonchev–Trinajstić information content (AvgIpc) is 3.74. The van der Waals surface area contributed by atoms with Crippen molar-refractivity contribution in [1.82, 2.24) is 35.3 Å². The average molecular weight is 1020 g/mol. The Morgan fingerprint density at radius 3 is 2.18 bits per heavy atom. The van der Waals surface area contributed by atoms with Crippen molar-refractivity contribution < 1.29 is 57.7 Å². The number of esters is 1. The molecule has 3 atom stereocenters. The molecule has 0 unspecified atom stereocenters. The number of para-hydroxylation sites is 1. The van der Waals surface area contributed by atoms with Gasteiger partial charge >= 0.3 is 24.2 Å². The van der Waals surface area contributed by atoms with Gasteiger partial charge in [0, 0.05) is 80.3 Å². The summed E-state index contributed by atoms with van der Waals surface area (Å²) in [5.41, 5.74) is 6.88. The zero-order valence-electron chi connectivity index (χ0n) is 42.7. The first kappa shape index (κ1) is 55.4. The summed E-state index contributed by atoms with van der Waals surface area (Å²) in [7, 11) is 3.04. The lowest BCUT2D eigenvalue weighted by molar-refractivity contribution is -0.172. The third-order valence-corrected chi connectivity index (χ3v) is 13.1. The highest BCUT2D eigenvalue weighted by atomic mass is 16.6. The molecule has 22 heteroatoms. The first-order valence-electron chi connectivity index (χ1n) is 24.5. The van der Waals surface area contributed by atoms with Crippen molar-refractivity contribution in [3.63, 3.8) is 0 Å². The summed E-state index contributed by atoms with van der Waals surface area (Å²) in [6, 6.07) is 12.5. The Morgan fingerprint density at radius 1 is 0.878 bits per heavy atom. The topological polar surface area (TPSA) is 300 Å². The molecule has 7 N–H and O–H groups in total. The van der Waals surface area contributed by atoms with Gasteiger partial charge in [-0.25, -0.2) is 24.2 Å². The molecule has 2 aliphatic heterocycles. The molecule has 6 rings (SSSR count). The van der Waals surface area contributed by atoms with Crippen LogP contribution in [0.3, 0.4) is 0 Å². The van der Waals surface area contributed by atoms with Crippen LogP contribution in [0.4, 0.5) is 20.1 Å². The number of urea groups is 1. The predicted molar refractivity (Wildman–Crippen MR) is 270 cm³/mol. The molecule has 2 aromatic carbocycles. The molecule has 22 nitrogen and oxygen atoms in total. The quantitative estimate of drug-likeness (QED) is 0.0325. The van der Waals surface area contributed by atoms with Gasteiger partial charge in [-0.15, -0.1) is 0 Å². The number of nitrogens with one attached hydrogen (secondary N) is 4. The molecule has 2 aromatic heterocycles. The van der Waals surface area contributed by atoms with Gasteiger partial charge in [-0.05, 0) is 55.0 Å². The number of hydrogen-bond donors (Lipinski definition) is 6. The van der Waals surface area contributed by atoms with Crippen molar-refractivity contribution in [2.45, 2.75) is 111 Å². The Kier molecular flexibility index (Phi) is 18.2. The van der Waals surface area contributed by atoms with Crippen LogP contribution in [-0.4, -0.2) is 118 Å². The van der Waals surface area contributed by atoms with Crippen molar-refractivity contribution in [2.24, 2.45) is 17.6 Å². The number of aromatic nitrogens is 2. The van der Waals surface area contributed by atoms with Gasteiger partial charge in [0.1, 0.15) is 37.7 Å². The van der Waals surface area contributed by atoms with E-state index in [9.17, 15) is 48.3 Å². The minimum absolute atomic E-state index is 0.00104. The Labute approximate surface area is 427 Å². The number of rotatable bonds is 22. The number of cyclic esters (lactones) is 1. The van der Waals surface area contributed by atoms with Gasteiger partial charge in [-0.3, -0.25) is 24.0 Å². The Morgan fingerprint density at radius 2 is 1.54 bits per heavy atom. The summed E-state index contributed by atoms with van der Waals surface area (Å²) in [6.07, 6.45) is -1.01. The lowest BCUT2D eigenvalue weighted by Gasteiger charge is -2.31. The van der Waals surface area contributed by atoms with Crippen LogP contribution in [0, 0.1) is 11.8 Å². The maximum Gasteiger partial charge on any atom is 0.409 e. The van der Waals surface area contributed by atoms with E-state index < -0.39 is 65.2 Å². The van der Waals surface area contributed by atoms with E-state index >= 15 is 0 Å². The number of nitrogens with zero attached hydrogens (tertiary/aromatic N) is 4. The van der Waals surface area contributed by atoms with Crippen molar-refractivity contribution in [1.29, 1.82) is 0 Å². The number of carbonyl (C=O) groups is 8. The highest BCUT2D eigenvalue weighted by Crippen LogP contribution is 2.40. The van der Waals surface area contributed by atoms with E-state index in [1.807, 2.05) is 18.2 Å². The van der Waals surface area contributed by atoms with Gasteiger partial charge in [0.05, 0.1) is 29.0 Å². The van der Waals surface area contributed by atoms with Crippen molar-refractivity contribution >= 4 is 64.3 Å². The standard InChI is InChI=1S/C52H65N9O13/c1-8-52(71)37-24-40-44-34(25-61(40)47(66)36(37)28-72-48(52)67)35(33-12-9-10-13-38(33)56-44)27-74-51(70)60(7)23-22-59(6)50(69)73-26-31-15-17-32(18-16-31)55-45(64)39(14-11-21-54-49(53)68)57-46(65)43(30(4)5)58-42(63)20-19-41(62)29(2)3/h9-10,12-13,15-18,24,29-30,39,43,71H,8,11,14,19-23,25-28H2,1-7H3,(H,55,64)(H,57,65)(H,58,63)(H3,53,54,68)/t39-,43-,52-/m0/s1. The molecule has 0 fully saturated rings. The lowest BCUT2D eigenvalue weighted by atomic mass is 9.86. The molecule has 0 bridgehead atoms. The van der Waals surface area contributed by atoms with E-state index in [1.165, 1.54) is 28.5 Å². The number of carbonyl (C=O) groups excluding carboxylic acids is 8. The number of benzene rings is 2. The molecular formula is C52H65N9O13. The van der Waals surface area contributed by atoms with Crippen molar-refractivity contribution in [2.75, 3.05) is 39.0 Å². The Bertz CT molecular complexity index is 2870. The molecule has 0 saturated heterocycles. The summed E-state index contributed by atoms with van der Waals surface area (Å²) in [5, 5.41) is 22.6. The molecule has 74 heavy (non-hydrogen) atoms. The minimum Gasteiger partial charge on any atom is -0.458 e. The predicted octanol–water partition coefficient (Wildman–Crippen LogP) is 3.93. The number of nitrogens with two attached hydrogens (primary N) is 1. The number of ketones is 1. The molecule has 0 aliphatic carbocycles. The van der Waals surface area contributed by atoms with Crippen LogP contribution in [0.1, 0.15) is 94.5 Å². The number of ether oxygens (including phenoxy) is 3. The molecule has 4 aromatic rings. The number of primary amides is 1. The van der Waals surface area contributed by atoms with E-state index in [0.717, 1.165) is 0 Å². The van der Waals surface area contributed by atoms with Crippen LogP contribution in [-0.2, 0) is 70.1 Å². The minimum atomic E-state index is -1.99. The fourth-order valence-corrected chi connectivity index (χ4v) is 8.53. The zero-order chi connectivity index (χ0) is 54.0. The number of anilines is 1. The van der Waals surface area contributed by atoms with Gasteiger partial charge in [0.15, 0.2) is 5.60 Å². The molecule has 0 saturated carbocycles. The summed E-state index contributed by atoms with van der Waals surface area (Å²) < 4.78 is 18.0. The van der Waals surface area contributed by atoms with Crippen molar-refractivity contribution in [3.8, 4) is 11.4 Å². The van der Waals surface area contributed by atoms with E-state index in [2.05, 4.69) is 21.3 Å². The molecule has 0 radical (unpaired) electrons. The molecule has 4 heterocycles. The summed E-state index contributed by atoms with van der Waals surface area (Å²) in [5.74, 6) is -3.13. The maximum atomic E-state index is 13.8. The first-order chi connectivity index (χ1) is 35.1. The number of likely N-dealkylation sites (N-methyl/N-ethyl adjacent to an activating group) is 2. The normalized spacial score (nSPS) is 15.2.